The number of aromatic hydroxyl groups is 1. The average Bonchev–Trinajstić information content (AvgIpc) is 2.79. The zero-order valence-corrected chi connectivity index (χ0v) is 18.9. The van der Waals surface area contributed by atoms with Crippen LogP contribution in [0.25, 0.3) is 0 Å². The number of benzene rings is 1. The Morgan fingerprint density at radius 1 is 0.909 bits per heavy atom. The van der Waals surface area contributed by atoms with Crippen molar-refractivity contribution < 1.29 is 39.6 Å². The van der Waals surface area contributed by atoms with E-state index >= 15 is 0 Å². The molecule has 0 aromatic heterocycles. The number of nitrogens with one attached hydrogen (secondary N) is 3. The van der Waals surface area contributed by atoms with Crippen LogP contribution in [0, 0.1) is 0 Å². The fourth-order valence-electron chi connectivity index (χ4n) is 2.67. The molecule has 0 unspecified atom stereocenters. The number of phenols is 1. The number of rotatable bonds is 14. The highest BCUT2D eigenvalue weighted by molar-refractivity contribution is 7.98. The van der Waals surface area contributed by atoms with Crippen LogP contribution in [-0.4, -0.2) is 93.5 Å². The normalized spacial score (nSPS) is 14.4. The minimum absolute atomic E-state index is 0.00226. The van der Waals surface area contributed by atoms with Crippen molar-refractivity contribution in [2.24, 2.45) is 5.73 Å². The number of carboxylic acid groups (broad SMARTS) is 1. The lowest BCUT2D eigenvalue weighted by Crippen LogP contribution is -2.58. The molecule has 0 aliphatic heterocycles. The highest BCUT2D eigenvalue weighted by atomic mass is 32.2. The molecule has 4 atom stereocenters. The molecule has 9 N–H and O–H groups in total. The van der Waals surface area contributed by atoms with Gasteiger partial charge in [0.15, 0.2) is 0 Å². The number of carbonyl (C=O) groups is 4. The van der Waals surface area contributed by atoms with E-state index in [9.17, 15) is 34.5 Å². The second-order valence-corrected chi connectivity index (χ2v) is 8.13. The Morgan fingerprint density at radius 2 is 1.45 bits per heavy atom. The first kappa shape index (κ1) is 28.2. The molecule has 33 heavy (non-hydrogen) atoms. The summed E-state index contributed by atoms with van der Waals surface area (Å²) >= 11 is 1.40. The van der Waals surface area contributed by atoms with Gasteiger partial charge < -0.3 is 42.1 Å². The molecule has 0 heterocycles. The van der Waals surface area contributed by atoms with Crippen molar-refractivity contribution in [2.75, 3.05) is 25.2 Å². The summed E-state index contributed by atoms with van der Waals surface area (Å²) in [5, 5.41) is 44.3. The molecule has 0 saturated carbocycles. The predicted molar refractivity (Wildman–Crippen MR) is 120 cm³/mol. The Morgan fingerprint density at radius 3 is 1.97 bits per heavy atom. The van der Waals surface area contributed by atoms with E-state index in [2.05, 4.69) is 16.0 Å². The van der Waals surface area contributed by atoms with Crippen molar-refractivity contribution in [3.63, 3.8) is 0 Å². The summed E-state index contributed by atoms with van der Waals surface area (Å²) in [6.45, 7) is -1.48. The minimum atomic E-state index is -1.47. The van der Waals surface area contributed by atoms with Crippen LogP contribution in [0.5, 0.6) is 5.75 Å². The van der Waals surface area contributed by atoms with Gasteiger partial charge in [0.25, 0.3) is 0 Å². The fraction of sp³-hybridized carbons (Fsp3) is 0.500. The lowest BCUT2D eigenvalue weighted by molar-refractivity contribution is -0.142. The number of carbonyl (C=O) groups excluding carboxylic acids is 3. The monoisotopic (exact) mass is 486 g/mol. The molecule has 0 aliphatic rings. The van der Waals surface area contributed by atoms with E-state index in [0.717, 1.165) is 0 Å². The highest BCUT2D eigenvalue weighted by Crippen LogP contribution is 2.12. The number of hydrogen-bond donors (Lipinski definition) is 8. The average molecular weight is 487 g/mol. The Kier molecular flexibility index (Phi) is 12.2. The standard InChI is InChI=1S/C20H30N4O8S/c1-33-7-6-14(20(31)32)22-19(30)16(10-26)24-18(29)15(23-17(28)13(21)9-25)8-11-2-4-12(27)5-3-11/h2-5,13-16,25-27H,6-10,21H2,1H3,(H,22,30)(H,23,28)(H,24,29)(H,31,32)/t13-,14-,15-,16-/m0/s1. The second-order valence-electron chi connectivity index (χ2n) is 7.15. The molecule has 1 aromatic rings. The van der Waals surface area contributed by atoms with Crippen molar-refractivity contribution in [2.45, 2.75) is 37.0 Å². The van der Waals surface area contributed by atoms with Crippen LogP contribution in [0.3, 0.4) is 0 Å². The second kappa shape index (κ2) is 14.3. The third kappa shape index (κ3) is 9.65. The molecule has 0 bridgehead atoms. The summed E-state index contributed by atoms with van der Waals surface area (Å²) in [5.74, 6) is -3.34. The SMILES string of the molecule is CSCC[C@H](NC(=O)[C@H](CO)NC(=O)[C@H](Cc1ccc(O)cc1)NC(=O)[C@@H](N)CO)C(=O)O. The number of amides is 3. The molecule has 0 aliphatic carbocycles. The van der Waals surface area contributed by atoms with E-state index < -0.39 is 61.1 Å². The molecule has 1 aromatic carbocycles. The molecular weight excluding hydrogens is 456 g/mol. The van der Waals surface area contributed by atoms with Gasteiger partial charge in [-0.1, -0.05) is 12.1 Å². The van der Waals surface area contributed by atoms with Crippen LogP contribution < -0.4 is 21.7 Å². The van der Waals surface area contributed by atoms with Crippen molar-refractivity contribution in [3.8, 4) is 5.75 Å². The van der Waals surface area contributed by atoms with Gasteiger partial charge in [-0.2, -0.15) is 11.8 Å². The number of hydrogen-bond acceptors (Lipinski definition) is 9. The summed E-state index contributed by atoms with van der Waals surface area (Å²) < 4.78 is 0. The summed E-state index contributed by atoms with van der Waals surface area (Å²) in [4.78, 5) is 48.8. The Balaban J connectivity index is 2.96. The van der Waals surface area contributed by atoms with E-state index in [1.165, 1.54) is 36.0 Å². The Bertz CT molecular complexity index is 808. The van der Waals surface area contributed by atoms with Gasteiger partial charge in [0.05, 0.1) is 13.2 Å². The van der Waals surface area contributed by atoms with Gasteiger partial charge in [-0.3, -0.25) is 14.4 Å². The number of aliphatic hydroxyl groups excluding tert-OH is 2. The molecule has 13 heteroatoms. The van der Waals surface area contributed by atoms with Crippen LogP contribution >= 0.6 is 11.8 Å². The first-order valence-electron chi connectivity index (χ1n) is 10.0. The summed E-state index contributed by atoms with van der Waals surface area (Å²) in [6, 6.07) is 0.607. The van der Waals surface area contributed by atoms with E-state index in [4.69, 9.17) is 10.8 Å². The molecule has 0 radical (unpaired) electrons. The van der Waals surface area contributed by atoms with Gasteiger partial charge in [0.1, 0.15) is 29.9 Å². The topological polar surface area (TPSA) is 211 Å². The summed E-state index contributed by atoms with van der Waals surface area (Å²) in [5.41, 5.74) is 6.04. The first-order chi connectivity index (χ1) is 15.6. The van der Waals surface area contributed by atoms with Crippen LogP contribution in [0.4, 0.5) is 0 Å². The zero-order valence-electron chi connectivity index (χ0n) is 18.1. The quantitative estimate of drug-likeness (QED) is 0.139. The van der Waals surface area contributed by atoms with E-state index in [-0.39, 0.29) is 18.6 Å². The summed E-state index contributed by atoms with van der Waals surface area (Å²) in [6.07, 6.45) is 1.87. The molecule has 184 valence electrons. The maximum Gasteiger partial charge on any atom is 0.326 e. The zero-order chi connectivity index (χ0) is 25.0. The molecule has 1 rings (SSSR count). The van der Waals surface area contributed by atoms with Gasteiger partial charge in [-0.15, -0.1) is 0 Å². The molecule has 12 nitrogen and oxygen atoms in total. The predicted octanol–water partition coefficient (Wildman–Crippen LogP) is -2.46. The van der Waals surface area contributed by atoms with Crippen LogP contribution in [-0.2, 0) is 25.6 Å². The third-order valence-electron chi connectivity index (χ3n) is 4.58. The molecule has 0 spiro atoms. The van der Waals surface area contributed by atoms with Crippen LogP contribution in [0.1, 0.15) is 12.0 Å². The van der Waals surface area contributed by atoms with E-state index in [1.54, 1.807) is 6.26 Å². The third-order valence-corrected chi connectivity index (χ3v) is 5.23. The highest BCUT2D eigenvalue weighted by Gasteiger charge is 2.30. The number of phenolic OH excluding ortho intramolecular Hbond substituents is 1. The Labute approximate surface area is 194 Å². The number of aliphatic carboxylic acids is 1. The van der Waals surface area contributed by atoms with Gasteiger partial charge in [0.2, 0.25) is 17.7 Å². The maximum atomic E-state index is 12.8. The van der Waals surface area contributed by atoms with E-state index in [1.807, 2.05) is 0 Å². The van der Waals surface area contributed by atoms with Crippen molar-refractivity contribution >= 4 is 35.5 Å². The maximum absolute atomic E-state index is 12.8. The lowest BCUT2D eigenvalue weighted by atomic mass is 10.0. The summed E-state index contributed by atoms with van der Waals surface area (Å²) in [7, 11) is 0. The first-order valence-corrected chi connectivity index (χ1v) is 11.4. The fourth-order valence-corrected chi connectivity index (χ4v) is 3.14. The Hall–Kier alpha value is -2.87. The number of aliphatic hydroxyl groups is 2. The van der Waals surface area contributed by atoms with Crippen LogP contribution in [0.2, 0.25) is 0 Å². The largest absolute Gasteiger partial charge is 0.508 e. The van der Waals surface area contributed by atoms with Gasteiger partial charge >= 0.3 is 5.97 Å². The van der Waals surface area contributed by atoms with Crippen molar-refractivity contribution in [1.82, 2.24) is 16.0 Å². The number of nitrogens with two attached hydrogens (primary N) is 1. The molecule has 0 fully saturated rings. The van der Waals surface area contributed by atoms with Gasteiger partial charge in [-0.05, 0) is 36.1 Å². The van der Waals surface area contributed by atoms with Gasteiger partial charge in [0, 0.05) is 6.42 Å². The molecule has 3 amide bonds. The van der Waals surface area contributed by atoms with Crippen molar-refractivity contribution in [1.29, 1.82) is 0 Å². The number of carboxylic acids is 1. The molecular formula is C20H30N4O8S. The smallest absolute Gasteiger partial charge is 0.326 e. The number of thioether (sulfide) groups is 1. The molecule has 0 saturated heterocycles. The van der Waals surface area contributed by atoms with Gasteiger partial charge in [-0.25, -0.2) is 4.79 Å². The van der Waals surface area contributed by atoms with Crippen molar-refractivity contribution in [3.05, 3.63) is 29.8 Å². The lowest BCUT2D eigenvalue weighted by Gasteiger charge is -2.24. The van der Waals surface area contributed by atoms with Crippen LogP contribution in [0.15, 0.2) is 24.3 Å². The minimum Gasteiger partial charge on any atom is -0.508 e. The van der Waals surface area contributed by atoms with E-state index in [0.29, 0.717) is 11.3 Å².